The lowest BCUT2D eigenvalue weighted by Crippen LogP contribution is -2.49. The van der Waals surface area contributed by atoms with Crippen molar-refractivity contribution >= 4 is 16.8 Å². The molecular weight excluding hydrogens is 296 g/mol. The molecule has 122 valence electrons. The Morgan fingerprint density at radius 3 is 2.65 bits per heavy atom. The summed E-state index contributed by atoms with van der Waals surface area (Å²) in [6, 6.07) is 5.27. The van der Waals surface area contributed by atoms with E-state index in [4.69, 9.17) is 4.74 Å². The van der Waals surface area contributed by atoms with Crippen LogP contribution in [0.2, 0.25) is 0 Å². The van der Waals surface area contributed by atoms with Crippen LogP contribution in [0.4, 0.5) is 0 Å². The van der Waals surface area contributed by atoms with Crippen molar-refractivity contribution in [1.82, 2.24) is 19.4 Å². The number of benzene rings is 1. The number of aromatic nitrogens is 2. The standard InChI is InChI=1S/C16H20N4O3/c1-12(21)19-7-5-18(6-8-19)11-20-10-17-15-9-13(23-2)3-4-14(15)16(20)22/h3-4,9-10H,5-8,11H2,1-2H3. The molecule has 0 N–H and O–H groups in total. The maximum atomic E-state index is 12.6. The lowest BCUT2D eigenvalue weighted by atomic mass is 10.2. The van der Waals surface area contributed by atoms with Crippen molar-refractivity contribution in [1.29, 1.82) is 0 Å². The topological polar surface area (TPSA) is 67.7 Å². The molecule has 23 heavy (non-hydrogen) atoms. The summed E-state index contributed by atoms with van der Waals surface area (Å²) in [7, 11) is 1.59. The first kappa shape index (κ1) is 15.5. The van der Waals surface area contributed by atoms with Crippen LogP contribution in [0.3, 0.4) is 0 Å². The number of rotatable bonds is 3. The Morgan fingerprint density at radius 1 is 1.26 bits per heavy atom. The molecule has 0 unspecified atom stereocenters. The van der Waals surface area contributed by atoms with Crippen LogP contribution in [0.15, 0.2) is 29.3 Å². The van der Waals surface area contributed by atoms with Gasteiger partial charge in [0.05, 0.1) is 31.0 Å². The molecule has 0 spiro atoms. The van der Waals surface area contributed by atoms with Crippen LogP contribution >= 0.6 is 0 Å². The van der Waals surface area contributed by atoms with E-state index in [-0.39, 0.29) is 11.5 Å². The smallest absolute Gasteiger partial charge is 0.262 e. The van der Waals surface area contributed by atoms with Crippen LogP contribution in [0.1, 0.15) is 6.92 Å². The third-order valence-electron chi connectivity index (χ3n) is 4.20. The van der Waals surface area contributed by atoms with E-state index >= 15 is 0 Å². The van der Waals surface area contributed by atoms with Gasteiger partial charge in [-0.1, -0.05) is 0 Å². The summed E-state index contributed by atoms with van der Waals surface area (Å²) in [4.78, 5) is 32.2. The minimum Gasteiger partial charge on any atom is -0.497 e. The van der Waals surface area contributed by atoms with Crippen molar-refractivity contribution in [3.63, 3.8) is 0 Å². The second kappa shape index (κ2) is 6.37. The number of hydrogen-bond donors (Lipinski definition) is 0. The molecule has 0 bridgehead atoms. The summed E-state index contributed by atoms with van der Waals surface area (Å²) >= 11 is 0. The minimum atomic E-state index is -0.0633. The lowest BCUT2D eigenvalue weighted by molar-refractivity contribution is -0.130. The van der Waals surface area contributed by atoms with Crippen LogP contribution in [0, 0.1) is 0 Å². The highest BCUT2D eigenvalue weighted by Gasteiger charge is 2.19. The molecule has 1 aromatic carbocycles. The van der Waals surface area contributed by atoms with Crippen LogP contribution in [0.25, 0.3) is 10.9 Å². The number of fused-ring (bicyclic) bond motifs is 1. The molecule has 0 aliphatic carbocycles. The zero-order valence-electron chi connectivity index (χ0n) is 13.4. The summed E-state index contributed by atoms with van der Waals surface area (Å²) in [5, 5.41) is 0.579. The third kappa shape index (κ3) is 3.19. The van der Waals surface area contributed by atoms with Crippen molar-refractivity contribution in [2.45, 2.75) is 13.6 Å². The van der Waals surface area contributed by atoms with E-state index < -0.39 is 0 Å². The van der Waals surface area contributed by atoms with Crippen molar-refractivity contribution < 1.29 is 9.53 Å². The van der Waals surface area contributed by atoms with E-state index in [1.807, 2.05) is 4.90 Å². The van der Waals surface area contributed by atoms with E-state index in [1.165, 1.54) is 0 Å². The number of carbonyl (C=O) groups is 1. The van der Waals surface area contributed by atoms with Gasteiger partial charge in [-0.25, -0.2) is 4.98 Å². The fourth-order valence-corrected chi connectivity index (χ4v) is 2.79. The highest BCUT2D eigenvalue weighted by atomic mass is 16.5. The largest absolute Gasteiger partial charge is 0.497 e. The Balaban J connectivity index is 1.78. The number of amides is 1. The molecule has 0 atom stereocenters. The minimum absolute atomic E-state index is 0.0633. The molecule has 3 rings (SSSR count). The summed E-state index contributed by atoms with van der Waals surface area (Å²) < 4.78 is 6.76. The monoisotopic (exact) mass is 316 g/mol. The second-order valence-corrected chi connectivity index (χ2v) is 5.67. The normalized spacial score (nSPS) is 15.8. The number of nitrogens with zero attached hydrogens (tertiary/aromatic N) is 4. The fraction of sp³-hybridized carbons (Fsp3) is 0.438. The molecule has 1 amide bonds. The van der Waals surface area contributed by atoms with Gasteiger partial charge in [-0.05, 0) is 12.1 Å². The first-order valence-corrected chi connectivity index (χ1v) is 7.59. The highest BCUT2D eigenvalue weighted by Crippen LogP contribution is 2.16. The zero-order valence-corrected chi connectivity index (χ0v) is 13.4. The average molecular weight is 316 g/mol. The Morgan fingerprint density at radius 2 is 2.00 bits per heavy atom. The van der Waals surface area contributed by atoms with Crippen LogP contribution in [-0.4, -0.2) is 58.5 Å². The van der Waals surface area contributed by atoms with Gasteiger partial charge in [-0.3, -0.25) is 19.1 Å². The number of hydrogen-bond acceptors (Lipinski definition) is 5. The number of ether oxygens (including phenoxy) is 1. The Labute approximate surface area is 134 Å². The number of methoxy groups -OCH3 is 1. The van der Waals surface area contributed by atoms with E-state index in [9.17, 15) is 9.59 Å². The van der Waals surface area contributed by atoms with Crippen LogP contribution in [0.5, 0.6) is 5.75 Å². The van der Waals surface area contributed by atoms with E-state index in [0.717, 1.165) is 13.1 Å². The Kier molecular flexibility index (Phi) is 4.29. The molecule has 1 fully saturated rings. The van der Waals surface area contributed by atoms with Crippen molar-refractivity contribution in [3.05, 3.63) is 34.9 Å². The SMILES string of the molecule is COc1ccc2c(=O)n(CN3CCN(C(C)=O)CC3)cnc2c1. The van der Waals surface area contributed by atoms with Crippen molar-refractivity contribution in [2.75, 3.05) is 33.3 Å². The second-order valence-electron chi connectivity index (χ2n) is 5.67. The molecule has 7 heteroatoms. The Hall–Kier alpha value is -2.41. The molecule has 2 aromatic rings. The molecular formula is C16H20N4O3. The lowest BCUT2D eigenvalue weighted by Gasteiger charge is -2.34. The van der Waals surface area contributed by atoms with Gasteiger partial charge in [0.15, 0.2) is 0 Å². The first-order valence-electron chi connectivity index (χ1n) is 7.59. The molecule has 1 aliphatic heterocycles. The number of carbonyl (C=O) groups excluding carboxylic acids is 1. The van der Waals surface area contributed by atoms with Gasteiger partial charge in [-0.2, -0.15) is 0 Å². The molecule has 0 radical (unpaired) electrons. The van der Waals surface area contributed by atoms with Gasteiger partial charge in [0.2, 0.25) is 5.91 Å². The summed E-state index contributed by atoms with van der Waals surface area (Å²) in [6.45, 7) is 4.98. The van der Waals surface area contributed by atoms with Gasteiger partial charge in [-0.15, -0.1) is 0 Å². The van der Waals surface area contributed by atoms with Gasteiger partial charge in [0, 0.05) is 39.2 Å². The van der Waals surface area contributed by atoms with Crippen LogP contribution < -0.4 is 10.3 Å². The summed E-state index contributed by atoms with van der Waals surface area (Å²) in [6.07, 6.45) is 1.57. The van der Waals surface area contributed by atoms with Gasteiger partial charge < -0.3 is 9.64 Å². The fourth-order valence-electron chi connectivity index (χ4n) is 2.79. The van der Waals surface area contributed by atoms with Crippen molar-refractivity contribution in [3.8, 4) is 5.75 Å². The van der Waals surface area contributed by atoms with E-state index in [2.05, 4.69) is 9.88 Å². The van der Waals surface area contributed by atoms with Gasteiger partial charge >= 0.3 is 0 Å². The molecule has 1 aromatic heterocycles. The predicted molar refractivity (Wildman–Crippen MR) is 86.4 cm³/mol. The van der Waals surface area contributed by atoms with E-state index in [0.29, 0.717) is 36.4 Å². The van der Waals surface area contributed by atoms with Crippen molar-refractivity contribution in [2.24, 2.45) is 0 Å². The number of piperazine rings is 1. The molecule has 2 heterocycles. The Bertz CT molecular complexity index is 778. The third-order valence-corrected chi connectivity index (χ3v) is 4.20. The summed E-state index contributed by atoms with van der Waals surface area (Å²) in [5.74, 6) is 0.783. The maximum Gasteiger partial charge on any atom is 0.262 e. The average Bonchev–Trinajstić information content (AvgIpc) is 2.57. The van der Waals surface area contributed by atoms with Crippen LogP contribution in [-0.2, 0) is 11.5 Å². The molecule has 7 nitrogen and oxygen atoms in total. The molecule has 1 saturated heterocycles. The molecule has 1 aliphatic rings. The quantitative estimate of drug-likeness (QED) is 0.826. The zero-order chi connectivity index (χ0) is 16.4. The molecule has 0 saturated carbocycles. The van der Waals surface area contributed by atoms with E-state index in [1.54, 1.807) is 43.1 Å². The predicted octanol–water partition coefficient (Wildman–Crippen LogP) is 0.527. The summed E-state index contributed by atoms with van der Waals surface area (Å²) in [5.41, 5.74) is 0.568. The van der Waals surface area contributed by atoms with Gasteiger partial charge in [0.1, 0.15) is 5.75 Å². The first-order chi connectivity index (χ1) is 11.1. The maximum absolute atomic E-state index is 12.6. The highest BCUT2D eigenvalue weighted by molar-refractivity contribution is 5.78. The van der Waals surface area contributed by atoms with Gasteiger partial charge in [0.25, 0.3) is 5.56 Å².